The maximum atomic E-state index is 12.4. The van der Waals surface area contributed by atoms with E-state index in [0.717, 1.165) is 25.9 Å². The summed E-state index contributed by atoms with van der Waals surface area (Å²) in [5.74, 6) is 1.03. The molecule has 1 saturated heterocycles. The van der Waals surface area contributed by atoms with Crippen molar-refractivity contribution >= 4 is 47.2 Å². The Hall–Kier alpha value is -1.38. The van der Waals surface area contributed by atoms with Gasteiger partial charge in [0.05, 0.1) is 23.1 Å². The number of likely N-dealkylation sites (tertiary alicyclic amines) is 1. The van der Waals surface area contributed by atoms with Gasteiger partial charge in [0.15, 0.2) is 5.82 Å². The van der Waals surface area contributed by atoms with Gasteiger partial charge in [-0.3, -0.25) is 9.69 Å². The van der Waals surface area contributed by atoms with Gasteiger partial charge >= 0.3 is 0 Å². The maximum absolute atomic E-state index is 12.4. The Balaban J connectivity index is 0.00000243. The summed E-state index contributed by atoms with van der Waals surface area (Å²) in [5.41, 5.74) is 6.11. The number of amides is 1. The largest absolute Gasteiger partial charge is 0.338 e. The Morgan fingerprint density at radius 3 is 2.65 bits per heavy atom. The second kappa shape index (κ2) is 9.53. The highest BCUT2D eigenvalue weighted by molar-refractivity contribution is 6.42. The first-order valence-corrected chi connectivity index (χ1v) is 8.80. The summed E-state index contributed by atoms with van der Waals surface area (Å²) in [5, 5.41) is 7.68. The zero-order chi connectivity index (χ0) is 17.8. The molecule has 10 heteroatoms. The molecule has 7 nitrogen and oxygen atoms in total. The molecule has 1 aliphatic heterocycles. The van der Waals surface area contributed by atoms with Gasteiger partial charge in [0.25, 0.3) is 0 Å². The van der Waals surface area contributed by atoms with Crippen molar-refractivity contribution in [2.24, 2.45) is 11.7 Å². The summed E-state index contributed by atoms with van der Waals surface area (Å²) >= 11 is 11.9. The van der Waals surface area contributed by atoms with Gasteiger partial charge in [0.1, 0.15) is 0 Å². The van der Waals surface area contributed by atoms with Crippen LogP contribution in [0.1, 0.15) is 24.6 Å². The topological polar surface area (TPSA) is 97.3 Å². The summed E-state index contributed by atoms with van der Waals surface area (Å²) in [6.45, 7) is 2.44. The molecule has 2 heterocycles. The van der Waals surface area contributed by atoms with Gasteiger partial charge in [-0.15, -0.1) is 12.4 Å². The normalized spacial score (nSPS) is 15.5. The molecule has 0 atom stereocenters. The fourth-order valence-corrected chi connectivity index (χ4v) is 3.11. The van der Waals surface area contributed by atoms with Gasteiger partial charge < -0.3 is 15.6 Å². The van der Waals surface area contributed by atoms with Crippen molar-refractivity contribution in [3.63, 3.8) is 0 Å². The van der Waals surface area contributed by atoms with Crippen LogP contribution in [0.15, 0.2) is 22.7 Å². The molecule has 0 aliphatic carbocycles. The molecule has 1 aromatic carbocycles. The van der Waals surface area contributed by atoms with Gasteiger partial charge in [-0.05, 0) is 44.1 Å². The van der Waals surface area contributed by atoms with Crippen LogP contribution in [0.5, 0.6) is 0 Å². The van der Waals surface area contributed by atoms with E-state index in [1.165, 1.54) is 0 Å². The summed E-state index contributed by atoms with van der Waals surface area (Å²) in [4.78, 5) is 18.8. The van der Waals surface area contributed by atoms with Crippen molar-refractivity contribution in [1.29, 1.82) is 0 Å². The minimum absolute atomic E-state index is 0. The average molecular weight is 421 g/mol. The van der Waals surface area contributed by atoms with Crippen LogP contribution >= 0.6 is 35.6 Å². The molecule has 1 amide bonds. The lowest BCUT2D eigenvalue weighted by Gasteiger charge is -2.30. The van der Waals surface area contributed by atoms with Gasteiger partial charge in [-0.25, -0.2) is 0 Å². The summed E-state index contributed by atoms with van der Waals surface area (Å²) in [6, 6.07) is 5.07. The monoisotopic (exact) mass is 419 g/mol. The zero-order valence-corrected chi connectivity index (χ0v) is 16.3. The van der Waals surface area contributed by atoms with E-state index in [1.54, 1.807) is 18.2 Å². The zero-order valence-electron chi connectivity index (χ0n) is 14.0. The Kier molecular flexibility index (Phi) is 7.67. The van der Waals surface area contributed by atoms with Crippen LogP contribution in [0.25, 0.3) is 0 Å². The molecule has 0 bridgehead atoms. The van der Waals surface area contributed by atoms with Crippen LogP contribution < -0.4 is 11.1 Å². The van der Waals surface area contributed by atoms with Crippen LogP contribution in [-0.4, -0.2) is 34.0 Å². The standard InChI is InChI=1S/C16H19Cl2N5O2.ClH/c17-12-2-1-11(7-13(12)18)20-16(24)10-3-5-23(6-4-10)9-14-21-15(8-19)25-22-14;/h1-2,7,10H,3-6,8-9,19H2,(H,20,24);1H. The number of carbonyl (C=O) groups is 1. The van der Waals surface area contributed by atoms with E-state index in [1.807, 2.05) is 0 Å². The third kappa shape index (κ3) is 5.31. The molecule has 0 spiro atoms. The highest BCUT2D eigenvalue weighted by Gasteiger charge is 2.26. The predicted octanol–water partition coefficient (Wildman–Crippen LogP) is 3.11. The fourth-order valence-electron chi connectivity index (χ4n) is 2.81. The van der Waals surface area contributed by atoms with Crippen LogP contribution in [0.2, 0.25) is 10.0 Å². The maximum Gasteiger partial charge on any atom is 0.240 e. The summed E-state index contributed by atoms with van der Waals surface area (Å²) < 4.78 is 5.00. The quantitative estimate of drug-likeness (QED) is 0.771. The molecule has 142 valence electrons. The first-order valence-electron chi connectivity index (χ1n) is 8.05. The molecule has 1 aromatic heterocycles. The molecular formula is C16H20Cl3N5O2. The van der Waals surface area contributed by atoms with Gasteiger partial charge in [0, 0.05) is 11.6 Å². The molecule has 2 aromatic rings. The van der Waals surface area contributed by atoms with E-state index >= 15 is 0 Å². The van der Waals surface area contributed by atoms with Crippen molar-refractivity contribution in [1.82, 2.24) is 15.0 Å². The van der Waals surface area contributed by atoms with E-state index in [0.29, 0.717) is 34.0 Å². The molecule has 3 N–H and O–H groups in total. The number of anilines is 1. The molecule has 26 heavy (non-hydrogen) atoms. The average Bonchev–Trinajstić information content (AvgIpc) is 3.06. The number of carbonyl (C=O) groups excluding carboxylic acids is 1. The second-order valence-electron chi connectivity index (χ2n) is 5.98. The van der Waals surface area contributed by atoms with Crippen molar-refractivity contribution in [3.8, 4) is 0 Å². The number of rotatable bonds is 5. The van der Waals surface area contributed by atoms with Crippen LogP contribution in [0.4, 0.5) is 5.69 Å². The van der Waals surface area contributed by atoms with Crippen LogP contribution in [-0.2, 0) is 17.9 Å². The number of hydrogen-bond donors (Lipinski definition) is 2. The number of piperidine rings is 1. The minimum atomic E-state index is -0.0319. The third-order valence-electron chi connectivity index (χ3n) is 4.20. The smallest absolute Gasteiger partial charge is 0.240 e. The lowest BCUT2D eigenvalue weighted by molar-refractivity contribution is -0.121. The van der Waals surface area contributed by atoms with Crippen LogP contribution in [0.3, 0.4) is 0 Å². The number of hydrogen-bond acceptors (Lipinski definition) is 6. The SMILES string of the molecule is Cl.NCc1nc(CN2CCC(C(=O)Nc3ccc(Cl)c(Cl)c3)CC2)no1. The summed E-state index contributed by atoms with van der Waals surface area (Å²) in [7, 11) is 0. The molecule has 1 fully saturated rings. The summed E-state index contributed by atoms with van der Waals surface area (Å²) in [6.07, 6.45) is 1.55. The van der Waals surface area contributed by atoms with Crippen molar-refractivity contribution in [3.05, 3.63) is 40.0 Å². The molecule has 1 aliphatic rings. The van der Waals surface area contributed by atoms with Gasteiger partial charge in [-0.2, -0.15) is 4.98 Å². The van der Waals surface area contributed by atoms with Gasteiger partial charge in [-0.1, -0.05) is 28.4 Å². The molecule has 0 radical (unpaired) electrons. The molecular weight excluding hydrogens is 401 g/mol. The van der Waals surface area contributed by atoms with E-state index in [9.17, 15) is 4.79 Å². The highest BCUT2D eigenvalue weighted by atomic mass is 35.5. The predicted molar refractivity (Wildman–Crippen MR) is 103 cm³/mol. The number of aromatic nitrogens is 2. The van der Waals surface area contributed by atoms with E-state index in [2.05, 4.69) is 20.4 Å². The molecule has 0 saturated carbocycles. The Bertz CT molecular complexity index is 747. The van der Waals surface area contributed by atoms with E-state index < -0.39 is 0 Å². The Labute approximate surface area is 167 Å². The Morgan fingerprint density at radius 2 is 2.04 bits per heavy atom. The number of nitrogens with zero attached hydrogens (tertiary/aromatic N) is 3. The first kappa shape index (κ1) is 20.9. The van der Waals surface area contributed by atoms with E-state index in [-0.39, 0.29) is 30.8 Å². The molecule has 0 unspecified atom stereocenters. The van der Waals surface area contributed by atoms with Crippen molar-refractivity contribution < 1.29 is 9.32 Å². The Morgan fingerprint density at radius 1 is 1.31 bits per heavy atom. The fraction of sp³-hybridized carbons (Fsp3) is 0.438. The number of nitrogens with two attached hydrogens (primary N) is 1. The highest BCUT2D eigenvalue weighted by Crippen LogP contribution is 2.26. The molecule has 3 rings (SSSR count). The third-order valence-corrected chi connectivity index (χ3v) is 4.93. The lowest BCUT2D eigenvalue weighted by Crippen LogP contribution is -2.38. The first-order chi connectivity index (χ1) is 12.0. The van der Waals surface area contributed by atoms with Crippen LogP contribution in [0, 0.1) is 5.92 Å². The minimum Gasteiger partial charge on any atom is -0.338 e. The van der Waals surface area contributed by atoms with E-state index in [4.69, 9.17) is 33.5 Å². The lowest BCUT2D eigenvalue weighted by atomic mass is 9.96. The number of benzene rings is 1. The van der Waals surface area contributed by atoms with Crippen molar-refractivity contribution in [2.75, 3.05) is 18.4 Å². The number of halogens is 3. The second-order valence-corrected chi connectivity index (χ2v) is 6.79. The van der Waals surface area contributed by atoms with Crippen molar-refractivity contribution in [2.45, 2.75) is 25.9 Å². The van der Waals surface area contributed by atoms with Gasteiger partial charge in [0.2, 0.25) is 11.8 Å². The number of nitrogens with one attached hydrogen (secondary N) is 1.